The Kier molecular flexibility index (Phi) is 5.71. The van der Waals surface area contributed by atoms with E-state index in [1.54, 1.807) is 18.4 Å². The molecule has 1 fully saturated rings. The number of nitrogens with zero attached hydrogens (tertiary/aromatic N) is 3. The van der Waals surface area contributed by atoms with Crippen molar-refractivity contribution in [3.8, 4) is 16.3 Å². The lowest BCUT2D eigenvalue weighted by molar-refractivity contribution is -0.136. The van der Waals surface area contributed by atoms with Crippen LogP contribution in [-0.2, 0) is 11.3 Å². The standard InChI is InChI=1S/C19H25N3O2S/c1-14(2)19(23)22-10-8-21(9-11-22)12-16-13-25-18(20-16)15-4-6-17(24-3)7-5-15/h4-7,13-14H,8-12H2,1-3H3. The highest BCUT2D eigenvalue weighted by Gasteiger charge is 2.23. The summed E-state index contributed by atoms with van der Waals surface area (Å²) in [5.74, 6) is 1.20. The zero-order chi connectivity index (χ0) is 17.8. The van der Waals surface area contributed by atoms with Gasteiger partial charge in [-0.05, 0) is 24.3 Å². The first kappa shape index (κ1) is 17.9. The van der Waals surface area contributed by atoms with Crippen molar-refractivity contribution < 1.29 is 9.53 Å². The van der Waals surface area contributed by atoms with Gasteiger partial charge >= 0.3 is 0 Å². The summed E-state index contributed by atoms with van der Waals surface area (Å²) in [7, 11) is 1.67. The Morgan fingerprint density at radius 3 is 2.48 bits per heavy atom. The molecule has 3 rings (SSSR count). The van der Waals surface area contributed by atoms with Crippen molar-refractivity contribution in [3.63, 3.8) is 0 Å². The molecule has 0 aliphatic carbocycles. The van der Waals surface area contributed by atoms with Crippen molar-refractivity contribution in [3.05, 3.63) is 35.3 Å². The van der Waals surface area contributed by atoms with E-state index in [-0.39, 0.29) is 11.8 Å². The normalized spacial score (nSPS) is 15.6. The smallest absolute Gasteiger partial charge is 0.225 e. The van der Waals surface area contributed by atoms with Gasteiger partial charge < -0.3 is 9.64 Å². The third-order valence-electron chi connectivity index (χ3n) is 4.45. The van der Waals surface area contributed by atoms with Crippen molar-refractivity contribution >= 4 is 17.2 Å². The first-order valence-electron chi connectivity index (χ1n) is 8.67. The van der Waals surface area contributed by atoms with E-state index < -0.39 is 0 Å². The average molecular weight is 359 g/mol. The van der Waals surface area contributed by atoms with Crippen LogP contribution in [0.3, 0.4) is 0 Å². The quantitative estimate of drug-likeness (QED) is 0.823. The Bertz CT molecular complexity index is 704. The number of hydrogen-bond donors (Lipinski definition) is 0. The van der Waals surface area contributed by atoms with Gasteiger partial charge in [0.15, 0.2) is 0 Å². The van der Waals surface area contributed by atoms with Gasteiger partial charge in [-0.25, -0.2) is 4.98 Å². The fourth-order valence-corrected chi connectivity index (χ4v) is 3.78. The first-order valence-corrected chi connectivity index (χ1v) is 9.54. The molecule has 0 saturated carbocycles. The highest BCUT2D eigenvalue weighted by Crippen LogP contribution is 2.26. The molecule has 1 aromatic heterocycles. The second-order valence-electron chi connectivity index (χ2n) is 6.63. The lowest BCUT2D eigenvalue weighted by Crippen LogP contribution is -2.49. The summed E-state index contributed by atoms with van der Waals surface area (Å²) in [6.45, 7) is 8.21. The van der Waals surface area contributed by atoms with Gasteiger partial charge in [-0.3, -0.25) is 9.69 Å². The number of thiazole rings is 1. The third kappa shape index (κ3) is 4.38. The number of piperazine rings is 1. The number of amides is 1. The molecular formula is C19H25N3O2S. The number of carbonyl (C=O) groups excluding carboxylic acids is 1. The molecule has 1 aliphatic heterocycles. The van der Waals surface area contributed by atoms with Crippen molar-refractivity contribution in [2.24, 2.45) is 5.92 Å². The molecule has 2 heterocycles. The minimum Gasteiger partial charge on any atom is -0.497 e. The molecule has 1 aromatic carbocycles. The fraction of sp³-hybridized carbons (Fsp3) is 0.474. The molecule has 25 heavy (non-hydrogen) atoms. The molecule has 1 saturated heterocycles. The molecule has 6 heteroatoms. The third-order valence-corrected chi connectivity index (χ3v) is 5.39. The Hall–Kier alpha value is -1.92. The monoisotopic (exact) mass is 359 g/mol. The average Bonchev–Trinajstić information content (AvgIpc) is 3.10. The van der Waals surface area contributed by atoms with E-state index in [9.17, 15) is 4.79 Å². The summed E-state index contributed by atoms with van der Waals surface area (Å²) in [6.07, 6.45) is 0. The summed E-state index contributed by atoms with van der Waals surface area (Å²) in [6, 6.07) is 8.00. The number of ether oxygens (including phenoxy) is 1. The van der Waals surface area contributed by atoms with Gasteiger partial charge in [-0.2, -0.15) is 0 Å². The van der Waals surface area contributed by atoms with Crippen LogP contribution in [0.4, 0.5) is 0 Å². The second kappa shape index (κ2) is 7.97. The number of hydrogen-bond acceptors (Lipinski definition) is 5. The molecule has 0 N–H and O–H groups in total. The van der Waals surface area contributed by atoms with Gasteiger partial charge in [-0.1, -0.05) is 13.8 Å². The Morgan fingerprint density at radius 1 is 1.20 bits per heavy atom. The number of rotatable bonds is 5. The van der Waals surface area contributed by atoms with Gasteiger partial charge in [0, 0.05) is 49.6 Å². The van der Waals surface area contributed by atoms with Crippen molar-refractivity contribution in [1.82, 2.24) is 14.8 Å². The van der Waals surface area contributed by atoms with Gasteiger partial charge in [0.25, 0.3) is 0 Å². The number of methoxy groups -OCH3 is 1. The molecule has 0 spiro atoms. The summed E-state index contributed by atoms with van der Waals surface area (Å²) in [5, 5.41) is 3.16. The molecule has 134 valence electrons. The maximum absolute atomic E-state index is 12.1. The van der Waals surface area contributed by atoms with Gasteiger partial charge in [0.2, 0.25) is 5.91 Å². The van der Waals surface area contributed by atoms with E-state index in [4.69, 9.17) is 9.72 Å². The van der Waals surface area contributed by atoms with Gasteiger partial charge in [0.05, 0.1) is 12.8 Å². The molecule has 1 amide bonds. The topological polar surface area (TPSA) is 45.7 Å². The Balaban J connectivity index is 1.56. The van der Waals surface area contributed by atoms with Crippen LogP contribution in [0.2, 0.25) is 0 Å². The van der Waals surface area contributed by atoms with Crippen LogP contribution in [0, 0.1) is 5.92 Å². The number of benzene rings is 1. The first-order chi connectivity index (χ1) is 12.1. The lowest BCUT2D eigenvalue weighted by atomic mass is 10.1. The molecule has 5 nitrogen and oxygen atoms in total. The van der Waals surface area contributed by atoms with Crippen molar-refractivity contribution in [1.29, 1.82) is 0 Å². The predicted octanol–water partition coefficient (Wildman–Crippen LogP) is 3.12. The zero-order valence-electron chi connectivity index (χ0n) is 15.1. The van der Waals surface area contributed by atoms with Crippen LogP contribution in [0.15, 0.2) is 29.6 Å². The summed E-state index contributed by atoms with van der Waals surface area (Å²) < 4.78 is 5.20. The molecule has 0 unspecified atom stereocenters. The van der Waals surface area contributed by atoms with E-state index in [1.165, 1.54) is 0 Å². The Morgan fingerprint density at radius 2 is 1.88 bits per heavy atom. The Labute approximate surface area is 153 Å². The van der Waals surface area contributed by atoms with Gasteiger partial charge in [-0.15, -0.1) is 11.3 Å². The predicted molar refractivity (Wildman–Crippen MR) is 101 cm³/mol. The van der Waals surface area contributed by atoms with Crippen LogP contribution in [0.5, 0.6) is 5.75 Å². The molecule has 2 aromatic rings. The molecule has 0 radical (unpaired) electrons. The largest absolute Gasteiger partial charge is 0.497 e. The summed E-state index contributed by atoms with van der Waals surface area (Å²) in [4.78, 5) is 21.2. The van der Waals surface area contributed by atoms with Crippen molar-refractivity contribution in [2.45, 2.75) is 20.4 Å². The fourth-order valence-electron chi connectivity index (χ4n) is 2.97. The summed E-state index contributed by atoms with van der Waals surface area (Å²) >= 11 is 1.67. The van der Waals surface area contributed by atoms with Crippen LogP contribution in [0.1, 0.15) is 19.5 Å². The number of aromatic nitrogens is 1. The second-order valence-corrected chi connectivity index (χ2v) is 7.49. The van der Waals surface area contributed by atoms with E-state index in [1.807, 2.05) is 43.0 Å². The van der Waals surface area contributed by atoms with Crippen LogP contribution < -0.4 is 4.74 Å². The van der Waals surface area contributed by atoms with Crippen LogP contribution >= 0.6 is 11.3 Å². The maximum atomic E-state index is 12.1. The zero-order valence-corrected chi connectivity index (χ0v) is 15.9. The molecule has 0 bridgehead atoms. The number of carbonyl (C=O) groups is 1. The minimum atomic E-state index is 0.0807. The minimum absolute atomic E-state index is 0.0807. The summed E-state index contributed by atoms with van der Waals surface area (Å²) in [5.41, 5.74) is 2.21. The highest BCUT2D eigenvalue weighted by molar-refractivity contribution is 7.13. The van der Waals surface area contributed by atoms with E-state index >= 15 is 0 Å². The highest BCUT2D eigenvalue weighted by atomic mass is 32.1. The lowest BCUT2D eigenvalue weighted by Gasteiger charge is -2.35. The van der Waals surface area contributed by atoms with E-state index in [0.29, 0.717) is 0 Å². The van der Waals surface area contributed by atoms with Crippen LogP contribution in [0.25, 0.3) is 10.6 Å². The molecule has 1 aliphatic rings. The SMILES string of the molecule is COc1ccc(-c2nc(CN3CCN(C(=O)C(C)C)CC3)cs2)cc1. The van der Waals surface area contributed by atoms with Gasteiger partial charge in [0.1, 0.15) is 10.8 Å². The molecular weight excluding hydrogens is 334 g/mol. The van der Waals surface area contributed by atoms with Crippen LogP contribution in [-0.4, -0.2) is 54.0 Å². The maximum Gasteiger partial charge on any atom is 0.225 e. The van der Waals surface area contributed by atoms with E-state index in [0.717, 1.165) is 54.7 Å². The molecule has 0 atom stereocenters. The van der Waals surface area contributed by atoms with E-state index in [2.05, 4.69) is 10.3 Å². The van der Waals surface area contributed by atoms with Crippen molar-refractivity contribution in [2.75, 3.05) is 33.3 Å².